The van der Waals surface area contributed by atoms with Crippen molar-refractivity contribution in [3.05, 3.63) is 47.0 Å². The lowest BCUT2D eigenvalue weighted by molar-refractivity contribution is 0.0775. The van der Waals surface area contributed by atoms with Crippen LogP contribution in [0.5, 0.6) is 0 Å². The number of hydrogen-bond donors (Lipinski definition) is 1. The third-order valence-corrected chi connectivity index (χ3v) is 3.80. The second-order valence-corrected chi connectivity index (χ2v) is 5.50. The first-order chi connectivity index (χ1) is 10.1. The average Bonchev–Trinajstić information content (AvgIpc) is 2.90. The van der Waals surface area contributed by atoms with Gasteiger partial charge < -0.3 is 9.80 Å². The maximum absolute atomic E-state index is 12.6. The van der Waals surface area contributed by atoms with Gasteiger partial charge in [-0.1, -0.05) is 6.07 Å². The van der Waals surface area contributed by atoms with E-state index in [1.54, 1.807) is 18.1 Å². The predicted octanol–water partition coefficient (Wildman–Crippen LogP) is 1.06. The first-order valence-corrected chi connectivity index (χ1v) is 7.05. The van der Waals surface area contributed by atoms with Crippen LogP contribution in [-0.2, 0) is 19.5 Å². The number of H-pyrrole nitrogens is 1. The summed E-state index contributed by atoms with van der Waals surface area (Å²) < 4.78 is 0. The number of nitrogens with one attached hydrogen (secondary N) is 1. The molecule has 0 radical (unpaired) electrons. The molecule has 0 bridgehead atoms. The third-order valence-electron chi connectivity index (χ3n) is 3.80. The zero-order chi connectivity index (χ0) is 14.8. The van der Waals surface area contributed by atoms with E-state index in [1.165, 1.54) is 0 Å². The Morgan fingerprint density at radius 3 is 3.10 bits per heavy atom. The zero-order valence-corrected chi connectivity index (χ0v) is 12.3. The molecule has 3 heterocycles. The van der Waals surface area contributed by atoms with E-state index in [2.05, 4.69) is 27.1 Å². The number of nitrogens with zero attached hydrogens (tertiary/aromatic N) is 4. The van der Waals surface area contributed by atoms with Crippen molar-refractivity contribution in [3.63, 3.8) is 0 Å². The fourth-order valence-electron chi connectivity index (χ4n) is 2.59. The van der Waals surface area contributed by atoms with Crippen LogP contribution in [0.2, 0.25) is 0 Å². The average molecular weight is 285 g/mol. The summed E-state index contributed by atoms with van der Waals surface area (Å²) in [6.45, 7) is 2.24. The minimum absolute atomic E-state index is 0.0616. The first kappa shape index (κ1) is 13.8. The van der Waals surface area contributed by atoms with Gasteiger partial charge in [-0.2, -0.15) is 5.10 Å². The van der Waals surface area contributed by atoms with Crippen LogP contribution in [0.4, 0.5) is 0 Å². The maximum atomic E-state index is 12.6. The van der Waals surface area contributed by atoms with Crippen molar-refractivity contribution >= 4 is 5.91 Å². The molecule has 0 spiro atoms. The topological polar surface area (TPSA) is 65.1 Å². The molecule has 6 heteroatoms. The van der Waals surface area contributed by atoms with Gasteiger partial charge >= 0.3 is 0 Å². The number of carbonyl (C=O) groups is 1. The predicted molar refractivity (Wildman–Crippen MR) is 78.7 cm³/mol. The van der Waals surface area contributed by atoms with Crippen molar-refractivity contribution in [2.75, 3.05) is 20.6 Å². The molecule has 0 fully saturated rings. The molecule has 110 valence electrons. The zero-order valence-electron chi connectivity index (χ0n) is 12.3. The maximum Gasteiger partial charge on any atom is 0.274 e. The van der Waals surface area contributed by atoms with E-state index >= 15 is 0 Å². The van der Waals surface area contributed by atoms with Gasteiger partial charge in [0.15, 0.2) is 5.69 Å². The van der Waals surface area contributed by atoms with Crippen LogP contribution in [-0.4, -0.2) is 51.5 Å². The second-order valence-electron chi connectivity index (χ2n) is 5.50. The number of pyridine rings is 1. The summed E-state index contributed by atoms with van der Waals surface area (Å²) in [5, 5.41) is 7.24. The number of aromatic nitrogens is 3. The van der Waals surface area contributed by atoms with E-state index in [1.807, 2.05) is 18.2 Å². The molecular formula is C15H19N5O. The fraction of sp³-hybridized carbons (Fsp3) is 0.400. The number of fused-ring (bicyclic) bond motifs is 1. The molecule has 2 aromatic rings. The Bertz CT molecular complexity index is 637. The monoisotopic (exact) mass is 285 g/mol. The highest BCUT2D eigenvalue weighted by atomic mass is 16.2. The molecule has 1 aliphatic heterocycles. The lowest BCUT2D eigenvalue weighted by Gasteiger charge is -2.23. The normalized spacial score (nSPS) is 14.8. The number of aromatic amines is 1. The Hall–Kier alpha value is -2.21. The van der Waals surface area contributed by atoms with Crippen molar-refractivity contribution in [2.24, 2.45) is 0 Å². The van der Waals surface area contributed by atoms with Gasteiger partial charge in [-0.05, 0) is 19.2 Å². The minimum atomic E-state index is -0.0616. The largest absolute Gasteiger partial charge is 0.334 e. The van der Waals surface area contributed by atoms with Gasteiger partial charge in [0.2, 0.25) is 0 Å². The molecule has 0 unspecified atom stereocenters. The number of carbonyl (C=O) groups excluding carboxylic acids is 1. The Morgan fingerprint density at radius 2 is 2.33 bits per heavy atom. The van der Waals surface area contributed by atoms with Crippen molar-refractivity contribution in [1.82, 2.24) is 25.0 Å². The summed E-state index contributed by atoms with van der Waals surface area (Å²) in [5.41, 5.74) is 3.52. The van der Waals surface area contributed by atoms with Gasteiger partial charge in [-0.25, -0.2) is 0 Å². The highest BCUT2D eigenvalue weighted by molar-refractivity contribution is 5.93. The van der Waals surface area contributed by atoms with E-state index in [0.29, 0.717) is 12.2 Å². The summed E-state index contributed by atoms with van der Waals surface area (Å²) in [4.78, 5) is 20.7. The minimum Gasteiger partial charge on any atom is -0.334 e. The van der Waals surface area contributed by atoms with Gasteiger partial charge in [-0.3, -0.25) is 14.9 Å². The molecule has 1 N–H and O–H groups in total. The Kier molecular flexibility index (Phi) is 3.70. The van der Waals surface area contributed by atoms with E-state index in [-0.39, 0.29) is 5.91 Å². The van der Waals surface area contributed by atoms with Crippen LogP contribution in [0.1, 0.15) is 27.4 Å². The van der Waals surface area contributed by atoms with Crippen LogP contribution in [0, 0.1) is 0 Å². The van der Waals surface area contributed by atoms with Gasteiger partial charge in [0, 0.05) is 44.0 Å². The Labute approximate surface area is 123 Å². The molecule has 3 rings (SSSR count). The van der Waals surface area contributed by atoms with Crippen LogP contribution in [0.15, 0.2) is 24.4 Å². The van der Waals surface area contributed by atoms with E-state index in [4.69, 9.17) is 0 Å². The van der Waals surface area contributed by atoms with Crippen LogP contribution in [0.3, 0.4) is 0 Å². The molecule has 0 saturated carbocycles. The fourth-order valence-corrected chi connectivity index (χ4v) is 2.59. The van der Waals surface area contributed by atoms with Crippen LogP contribution < -0.4 is 0 Å². The van der Waals surface area contributed by atoms with Gasteiger partial charge in [-0.15, -0.1) is 0 Å². The van der Waals surface area contributed by atoms with E-state index < -0.39 is 0 Å². The quantitative estimate of drug-likeness (QED) is 0.916. The van der Waals surface area contributed by atoms with E-state index in [9.17, 15) is 4.79 Å². The van der Waals surface area contributed by atoms with Crippen molar-refractivity contribution in [2.45, 2.75) is 19.5 Å². The molecular weight excluding hydrogens is 266 g/mol. The summed E-state index contributed by atoms with van der Waals surface area (Å²) in [7, 11) is 3.84. The Balaban J connectivity index is 1.78. The first-order valence-electron chi connectivity index (χ1n) is 7.05. The van der Waals surface area contributed by atoms with E-state index in [0.717, 1.165) is 36.5 Å². The number of likely N-dealkylation sites (N-methyl/N-ethyl adjacent to an activating group) is 1. The summed E-state index contributed by atoms with van der Waals surface area (Å²) >= 11 is 0. The summed E-state index contributed by atoms with van der Waals surface area (Å²) in [5.74, 6) is -0.0616. The van der Waals surface area contributed by atoms with Crippen molar-refractivity contribution in [1.29, 1.82) is 0 Å². The lowest BCUT2D eigenvalue weighted by atomic mass is 10.1. The van der Waals surface area contributed by atoms with Crippen LogP contribution in [0.25, 0.3) is 0 Å². The molecule has 2 aromatic heterocycles. The molecule has 6 nitrogen and oxygen atoms in total. The highest BCUT2D eigenvalue weighted by Gasteiger charge is 2.25. The lowest BCUT2D eigenvalue weighted by Crippen LogP contribution is -2.31. The van der Waals surface area contributed by atoms with Crippen molar-refractivity contribution < 1.29 is 4.79 Å². The van der Waals surface area contributed by atoms with Gasteiger partial charge in [0.05, 0.1) is 12.2 Å². The molecule has 0 atom stereocenters. The van der Waals surface area contributed by atoms with Crippen LogP contribution >= 0.6 is 0 Å². The number of amides is 1. The van der Waals surface area contributed by atoms with Crippen molar-refractivity contribution in [3.8, 4) is 0 Å². The molecule has 0 aliphatic carbocycles. The second kappa shape index (κ2) is 5.65. The molecule has 0 aromatic carbocycles. The van der Waals surface area contributed by atoms with Gasteiger partial charge in [0.25, 0.3) is 5.91 Å². The standard InChI is InChI=1S/C15H19N5O/c1-19-8-6-13-12(10-19)14(18-17-13)15(21)20(2)9-11-5-3-4-7-16-11/h3-5,7H,6,8-10H2,1-2H3,(H,17,18). The number of hydrogen-bond acceptors (Lipinski definition) is 4. The van der Waals surface area contributed by atoms with Gasteiger partial charge in [0.1, 0.15) is 0 Å². The summed E-state index contributed by atoms with van der Waals surface area (Å²) in [6, 6.07) is 5.70. The molecule has 21 heavy (non-hydrogen) atoms. The molecule has 1 amide bonds. The molecule has 1 aliphatic rings. The highest BCUT2D eigenvalue weighted by Crippen LogP contribution is 2.20. The molecule has 0 saturated heterocycles. The number of rotatable bonds is 3. The Morgan fingerprint density at radius 1 is 1.48 bits per heavy atom. The third kappa shape index (κ3) is 2.80. The SMILES string of the molecule is CN1CCc2[nH]nc(C(=O)N(C)Cc3ccccn3)c2C1. The smallest absolute Gasteiger partial charge is 0.274 e. The summed E-state index contributed by atoms with van der Waals surface area (Å²) in [6.07, 6.45) is 2.65.